The minimum Gasteiger partial charge on any atom is -0.336 e. The number of anilines is 1. The van der Waals surface area contributed by atoms with Crippen molar-refractivity contribution in [1.82, 2.24) is 19.7 Å². The fourth-order valence-electron chi connectivity index (χ4n) is 4.04. The van der Waals surface area contributed by atoms with Crippen LogP contribution in [0.2, 0.25) is 0 Å². The predicted octanol–water partition coefficient (Wildman–Crippen LogP) is 5.05. The van der Waals surface area contributed by atoms with Crippen molar-refractivity contribution >= 4 is 29.3 Å². The first-order valence-corrected chi connectivity index (χ1v) is 12.6. The van der Waals surface area contributed by atoms with Crippen molar-refractivity contribution in [3.05, 3.63) is 89.5 Å². The number of likely N-dealkylation sites (N-methyl/N-ethyl adjacent to an activating group) is 1. The van der Waals surface area contributed by atoms with Crippen LogP contribution in [-0.2, 0) is 9.59 Å². The molecule has 0 unspecified atom stereocenters. The topological polar surface area (TPSA) is 80.1 Å². The van der Waals surface area contributed by atoms with Crippen LogP contribution in [-0.4, -0.2) is 50.8 Å². The quantitative estimate of drug-likeness (QED) is 0.343. The van der Waals surface area contributed by atoms with Gasteiger partial charge in [-0.3, -0.25) is 14.2 Å². The molecule has 0 spiro atoms. The zero-order valence-corrected chi connectivity index (χ0v) is 21.7. The van der Waals surface area contributed by atoms with Gasteiger partial charge in [0.25, 0.3) is 0 Å². The SMILES string of the molecule is Cc1cc(C)c(NC(=O)CN(C)C(=O)CSc2nnc(-c3ccccc3)n2-c2ccccc2)c(C)c1. The van der Waals surface area contributed by atoms with Crippen molar-refractivity contribution < 1.29 is 9.59 Å². The average molecular weight is 500 g/mol. The summed E-state index contributed by atoms with van der Waals surface area (Å²) in [5.41, 5.74) is 5.78. The molecule has 1 N–H and O–H groups in total. The third-order valence-corrected chi connectivity index (χ3v) is 6.67. The first kappa shape index (κ1) is 25.2. The average Bonchev–Trinajstić information content (AvgIpc) is 3.29. The molecule has 4 rings (SSSR count). The monoisotopic (exact) mass is 499 g/mol. The summed E-state index contributed by atoms with van der Waals surface area (Å²) in [7, 11) is 1.63. The molecule has 36 heavy (non-hydrogen) atoms. The lowest BCUT2D eigenvalue weighted by atomic mass is 10.1. The molecule has 0 aliphatic carbocycles. The highest BCUT2D eigenvalue weighted by Crippen LogP contribution is 2.28. The van der Waals surface area contributed by atoms with Gasteiger partial charge in [-0.1, -0.05) is 78.0 Å². The maximum atomic E-state index is 12.9. The Balaban J connectivity index is 1.44. The van der Waals surface area contributed by atoms with Gasteiger partial charge in [0.1, 0.15) is 0 Å². The van der Waals surface area contributed by atoms with E-state index in [4.69, 9.17) is 0 Å². The van der Waals surface area contributed by atoms with Crippen molar-refractivity contribution in [2.75, 3.05) is 24.7 Å². The van der Waals surface area contributed by atoms with Crippen LogP contribution in [0.1, 0.15) is 16.7 Å². The van der Waals surface area contributed by atoms with E-state index in [1.807, 2.05) is 98.1 Å². The summed E-state index contributed by atoms with van der Waals surface area (Å²) in [5.74, 6) is 0.431. The molecule has 0 aliphatic heterocycles. The number of nitrogens with one attached hydrogen (secondary N) is 1. The maximum absolute atomic E-state index is 12.9. The minimum absolute atomic E-state index is 0.0349. The third kappa shape index (κ3) is 5.83. The Labute approximate surface area is 215 Å². The molecule has 0 bridgehead atoms. The molecule has 4 aromatic rings. The molecule has 0 fully saturated rings. The molecular weight excluding hydrogens is 470 g/mol. The first-order valence-electron chi connectivity index (χ1n) is 11.6. The number of amides is 2. The highest BCUT2D eigenvalue weighted by Gasteiger charge is 2.19. The number of thioether (sulfide) groups is 1. The van der Waals surface area contributed by atoms with Gasteiger partial charge in [-0.15, -0.1) is 10.2 Å². The van der Waals surface area contributed by atoms with Crippen LogP contribution in [0, 0.1) is 20.8 Å². The summed E-state index contributed by atoms with van der Waals surface area (Å²) in [4.78, 5) is 27.0. The molecule has 0 radical (unpaired) electrons. The fraction of sp³-hybridized carbons (Fsp3) is 0.214. The van der Waals surface area contributed by atoms with E-state index in [-0.39, 0.29) is 24.1 Å². The summed E-state index contributed by atoms with van der Waals surface area (Å²) in [6.07, 6.45) is 0. The Hall–Kier alpha value is -3.91. The van der Waals surface area contributed by atoms with Gasteiger partial charge in [0.05, 0.1) is 12.3 Å². The van der Waals surface area contributed by atoms with E-state index in [2.05, 4.69) is 15.5 Å². The summed E-state index contributed by atoms with van der Waals surface area (Å²) >= 11 is 1.30. The Morgan fingerprint density at radius 1 is 0.917 bits per heavy atom. The van der Waals surface area contributed by atoms with Gasteiger partial charge in [-0.05, 0) is 44.0 Å². The molecule has 0 aliphatic rings. The number of hydrogen-bond donors (Lipinski definition) is 1. The van der Waals surface area contributed by atoms with E-state index in [0.717, 1.165) is 33.6 Å². The van der Waals surface area contributed by atoms with Crippen molar-refractivity contribution in [1.29, 1.82) is 0 Å². The van der Waals surface area contributed by atoms with Gasteiger partial charge < -0.3 is 10.2 Å². The molecule has 0 atom stereocenters. The highest BCUT2D eigenvalue weighted by molar-refractivity contribution is 7.99. The second kappa shape index (κ2) is 11.2. The summed E-state index contributed by atoms with van der Waals surface area (Å²) < 4.78 is 1.95. The van der Waals surface area contributed by atoms with Crippen LogP contribution >= 0.6 is 11.8 Å². The molecule has 1 aromatic heterocycles. The van der Waals surface area contributed by atoms with Crippen molar-refractivity contribution in [2.45, 2.75) is 25.9 Å². The van der Waals surface area contributed by atoms with Gasteiger partial charge in [0, 0.05) is 24.0 Å². The van der Waals surface area contributed by atoms with Crippen molar-refractivity contribution in [2.24, 2.45) is 0 Å². The van der Waals surface area contributed by atoms with Gasteiger partial charge >= 0.3 is 0 Å². The van der Waals surface area contributed by atoms with Gasteiger partial charge in [-0.2, -0.15) is 0 Å². The molecule has 7 nitrogen and oxygen atoms in total. The van der Waals surface area contributed by atoms with Crippen LogP contribution in [0.15, 0.2) is 78.0 Å². The Kier molecular flexibility index (Phi) is 7.85. The van der Waals surface area contributed by atoms with Crippen LogP contribution < -0.4 is 5.32 Å². The molecule has 2 amide bonds. The van der Waals surface area contributed by atoms with E-state index in [1.54, 1.807) is 7.05 Å². The second-order valence-electron chi connectivity index (χ2n) is 8.70. The van der Waals surface area contributed by atoms with Crippen LogP contribution in [0.5, 0.6) is 0 Å². The van der Waals surface area contributed by atoms with Gasteiger partial charge in [0.2, 0.25) is 11.8 Å². The fourth-order valence-corrected chi connectivity index (χ4v) is 4.94. The third-order valence-electron chi connectivity index (χ3n) is 5.75. The highest BCUT2D eigenvalue weighted by atomic mass is 32.2. The molecule has 0 saturated heterocycles. The summed E-state index contributed by atoms with van der Waals surface area (Å²) in [5, 5.41) is 12.3. The Morgan fingerprint density at radius 3 is 2.17 bits per heavy atom. The number of nitrogens with zero attached hydrogens (tertiary/aromatic N) is 4. The van der Waals surface area contributed by atoms with Crippen molar-refractivity contribution in [3.8, 4) is 17.1 Å². The Bertz CT molecular complexity index is 1350. The lowest BCUT2D eigenvalue weighted by Gasteiger charge is -2.18. The Morgan fingerprint density at radius 2 is 1.53 bits per heavy atom. The largest absolute Gasteiger partial charge is 0.336 e. The normalized spacial score (nSPS) is 10.8. The van der Waals surface area contributed by atoms with E-state index in [9.17, 15) is 9.59 Å². The molecule has 0 saturated carbocycles. The number of rotatable bonds is 8. The number of para-hydroxylation sites is 1. The number of carbonyl (C=O) groups is 2. The van der Waals surface area contributed by atoms with Crippen molar-refractivity contribution in [3.63, 3.8) is 0 Å². The van der Waals surface area contributed by atoms with Crippen LogP contribution in [0.25, 0.3) is 17.1 Å². The molecule has 8 heteroatoms. The summed E-state index contributed by atoms with van der Waals surface area (Å²) in [6, 6.07) is 23.7. The number of aryl methyl sites for hydroxylation is 3. The number of carbonyl (C=O) groups excluding carboxylic acids is 2. The predicted molar refractivity (Wildman–Crippen MR) is 144 cm³/mol. The van der Waals surface area contributed by atoms with E-state index >= 15 is 0 Å². The number of benzene rings is 3. The standard InChI is InChI=1S/C28H29N5O2S/c1-19-15-20(2)26(21(3)16-19)29-24(34)17-32(4)25(35)18-36-28-31-30-27(22-11-7-5-8-12-22)33(28)23-13-9-6-10-14-23/h5-16H,17-18H2,1-4H3,(H,29,34). The maximum Gasteiger partial charge on any atom is 0.243 e. The van der Waals surface area contributed by atoms with Crippen LogP contribution in [0.3, 0.4) is 0 Å². The van der Waals surface area contributed by atoms with Crippen LogP contribution in [0.4, 0.5) is 5.69 Å². The summed E-state index contributed by atoms with van der Waals surface area (Å²) in [6.45, 7) is 5.92. The minimum atomic E-state index is -0.232. The lowest BCUT2D eigenvalue weighted by molar-refractivity contribution is -0.131. The first-order chi connectivity index (χ1) is 17.3. The van der Waals surface area contributed by atoms with E-state index in [0.29, 0.717) is 11.0 Å². The molecule has 3 aromatic carbocycles. The number of hydrogen-bond acceptors (Lipinski definition) is 5. The molecule has 1 heterocycles. The van der Waals surface area contributed by atoms with E-state index < -0.39 is 0 Å². The molecular formula is C28H29N5O2S. The van der Waals surface area contributed by atoms with Gasteiger partial charge in [-0.25, -0.2) is 0 Å². The lowest BCUT2D eigenvalue weighted by Crippen LogP contribution is -2.36. The van der Waals surface area contributed by atoms with Gasteiger partial charge in [0.15, 0.2) is 11.0 Å². The zero-order valence-electron chi connectivity index (χ0n) is 20.9. The smallest absolute Gasteiger partial charge is 0.243 e. The molecule has 184 valence electrons. The number of aromatic nitrogens is 3. The second-order valence-corrected chi connectivity index (χ2v) is 9.65. The van der Waals surface area contributed by atoms with E-state index in [1.165, 1.54) is 16.7 Å². The zero-order chi connectivity index (χ0) is 25.7.